The van der Waals surface area contributed by atoms with Crippen LogP contribution in [0.25, 0.3) is 0 Å². The molecule has 1 N–H and O–H groups in total. The topological polar surface area (TPSA) is 46.5 Å². The minimum absolute atomic E-state index is 0.369. The summed E-state index contributed by atoms with van der Waals surface area (Å²) in [5, 5.41) is 9.39. The summed E-state index contributed by atoms with van der Waals surface area (Å²) in [5.41, 5.74) is -0.788. The SMILES string of the molecule is CCC(O)C(C)(C)C(=O)OC. The molecule has 0 bridgehead atoms. The van der Waals surface area contributed by atoms with Crippen molar-refractivity contribution in [2.75, 3.05) is 7.11 Å². The molecular weight excluding hydrogens is 144 g/mol. The summed E-state index contributed by atoms with van der Waals surface area (Å²) in [5.74, 6) is -0.369. The van der Waals surface area contributed by atoms with Gasteiger partial charge in [-0.3, -0.25) is 4.79 Å². The lowest BCUT2D eigenvalue weighted by Gasteiger charge is -2.26. The van der Waals surface area contributed by atoms with Gasteiger partial charge in [0.1, 0.15) is 0 Å². The highest BCUT2D eigenvalue weighted by molar-refractivity contribution is 5.76. The standard InChI is InChI=1S/C8H16O3/c1-5-6(9)8(2,3)7(10)11-4/h6,9H,5H2,1-4H3. The first-order chi connectivity index (χ1) is 4.96. The van der Waals surface area contributed by atoms with Crippen LogP contribution in [-0.2, 0) is 9.53 Å². The van der Waals surface area contributed by atoms with Crippen molar-refractivity contribution in [1.29, 1.82) is 0 Å². The van der Waals surface area contributed by atoms with Crippen molar-refractivity contribution in [2.45, 2.75) is 33.3 Å². The van der Waals surface area contributed by atoms with Crippen molar-refractivity contribution in [3.8, 4) is 0 Å². The van der Waals surface area contributed by atoms with E-state index in [9.17, 15) is 9.90 Å². The van der Waals surface area contributed by atoms with E-state index in [-0.39, 0.29) is 5.97 Å². The van der Waals surface area contributed by atoms with Gasteiger partial charge in [0, 0.05) is 0 Å². The summed E-state index contributed by atoms with van der Waals surface area (Å²) in [6.07, 6.45) is -0.0720. The largest absolute Gasteiger partial charge is 0.469 e. The van der Waals surface area contributed by atoms with Crippen molar-refractivity contribution < 1.29 is 14.6 Å². The van der Waals surface area contributed by atoms with E-state index in [0.717, 1.165) is 0 Å². The number of rotatable bonds is 3. The molecule has 0 aliphatic heterocycles. The predicted molar refractivity (Wildman–Crippen MR) is 42.1 cm³/mol. The molecule has 0 aromatic rings. The molecule has 3 nitrogen and oxygen atoms in total. The minimum atomic E-state index is -0.788. The normalized spacial score (nSPS) is 14.3. The van der Waals surface area contributed by atoms with E-state index in [0.29, 0.717) is 6.42 Å². The molecular formula is C8H16O3. The number of aliphatic hydroxyl groups excluding tert-OH is 1. The van der Waals surface area contributed by atoms with Crippen LogP contribution in [0.4, 0.5) is 0 Å². The van der Waals surface area contributed by atoms with E-state index in [2.05, 4.69) is 4.74 Å². The highest BCUT2D eigenvalue weighted by atomic mass is 16.5. The van der Waals surface area contributed by atoms with E-state index < -0.39 is 11.5 Å². The van der Waals surface area contributed by atoms with Crippen LogP contribution >= 0.6 is 0 Å². The molecule has 11 heavy (non-hydrogen) atoms. The number of hydrogen-bond acceptors (Lipinski definition) is 3. The van der Waals surface area contributed by atoms with Gasteiger partial charge in [-0.15, -0.1) is 0 Å². The van der Waals surface area contributed by atoms with Gasteiger partial charge in [0.2, 0.25) is 0 Å². The van der Waals surface area contributed by atoms with Gasteiger partial charge >= 0.3 is 5.97 Å². The summed E-state index contributed by atoms with van der Waals surface area (Å²) in [4.78, 5) is 11.1. The Bertz CT molecular complexity index is 140. The Morgan fingerprint density at radius 2 is 2.09 bits per heavy atom. The Morgan fingerprint density at radius 1 is 1.64 bits per heavy atom. The molecule has 1 atom stereocenters. The molecule has 0 heterocycles. The first-order valence-corrected chi connectivity index (χ1v) is 3.73. The second-order valence-electron chi connectivity index (χ2n) is 3.14. The monoisotopic (exact) mass is 160 g/mol. The van der Waals surface area contributed by atoms with Crippen LogP contribution in [0.15, 0.2) is 0 Å². The first kappa shape index (κ1) is 10.4. The number of methoxy groups -OCH3 is 1. The predicted octanol–water partition coefficient (Wildman–Crippen LogP) is 0.956. The number of carbonyl (C=O) groups is 1. The molecule has 0 aliphatic rings. The average Bonchev–Trinajstić information content (AvgIpc) is 2.01. The van der Waals surface area contributed by atoms with Crippen LogP contribution in [0.3, 0.4) is 0 Å². The van der Waals surface area contributed by atoms with E-state index in [4.69, 9.17) is 0 Å². The molecule has 66 valence electrons. The molecule has 1 unspecified atom stereocenters. The molecule has 0 aromatic carbocycles. The number of hydrogen-bond donors (Lipinski definition) is 1. The third kappa shape index (κ3) is 2.19. The lowest BCUT2D eigenvalue weighted by atomic mass is 9.85. The van der Waals surface area contributed by atoms with Gasteiger partial charge in [0.15, 0.2) is 0 Å². The third-order valence-corrected chi connectivity index (χ3v) is 1.93. The lowest BCUT2D eigenvalue weighted by Crippen LogP contribution is -2.37. The molecule has 0 aliphatic carbocycles. The molecule has 0 saturated heterocycles. The molecule has 0 spiro atoms. The lowest BCUT2D eigenvalue weighted by molar-refractivity contribution is -0.157. The summed E-state index contributed by atoms with van der Waals surface area (Å²) in [6.45, 7) is 5.18. The summed E-state index contributed by atoms with van der Waals surface area (Å²) < 4.78 is 4.54. The number of carbonyl (C=O) groups excluding carboxylic acids is 1. The Hall–Kier alpha value is -0.570. The summed E-state index contributed by atoms with van der Waals surface area (Å²) in [6, 6.07) is 0. The first-order valence-electron chi connectivity index (χ1n) is 3.73. The van der Waals surface area contributed by atoms with Crippen LogP contribution in [0.2, 0.25) is 0 Å². The van der Waals surface area contributed by atoms with Gasteiger partial charge in [-0.05, 0) is 20.3 Å². The fraction of sp³-hybridized carbons (Fsp3) is 0.875. The Balaban J connectivity index is 4.31. The molecule has 0 saturated carbocycles. The molecule has 0 rings (SSSR count). The van der Waals surface area contributed by atoms with Crippen molar-refractivity contribution in [2.24, 2.45) is 5.41 Å². The number of ether oxygens (including phenoxy) is 1. The van der Waals surface area contributed by atoms with Crippen molar-refractivity contribution >= 4 is 5.97 Å². The zero-order chi connectivity index (χ0) is 9.07. The smallest absolute Gasteiger partial charge is 0.313 e. The van der Waals surface area contributed by atoms with Crippen LogP contribution in [0, 0.1) is 5.41 Å². The second kappa shape index (κ2) is 3.72. The van der Waals surface area contributed by atoms with Gasteiger partial charge in [-0.25, -0.2) is 0 Å². The quantitative estimate of drug-likeness (QED) is 0.625. The van der Waals surface area contributed by atoms with E-state index in [1.807, 2.05) is 6.92 Å². The van der Waals surface area contributed by atoms with Crippen LogP contribution in [0.1, 0.15) is 27.2 Å². The fourth-order valence-electron chi connectivity index (χ4n) is 0.909. The zero-order valence-electron chi connectivity index (χ0n) is 7.55. The minimum Gasteiger partial charge on any atom is -0.469 e. The van der Waals surface area contributed by atoms with Crippen molar-refractivity contribution in [3.63, 3.8) is 0 Å². The maximum absolute atomic E-state index is 11.1. The van der Waals surface area contributed by atoms with Crippen molar-refractivity contribution in [1.82, 2.24) is 0 Å². The second-order valence-corrected chi connectivity index (χ2v) is 3.14. The number of aliphatic hydroxyl groups is 1. The van der Waals surface area contributed by atoms with Gasteiger partial charge < -0.3 is 9.84 Å². The summed E-state index contributed by atoms with van der Waals surface area (Å²) >= 11 is 0. The highest BCUT2D eigenvalue weighted by Gasteiger charge is 2.35. The van der Waals surface area contributed by atoms with E-state index >= 15 is 0 Å². The summed E-state index contributed by atoms with van der Waals surface area (Å²) in [7, 11) is 1.33. The van der Waals surface area contributed by atoms with Crippen LogP contribution in [-0.4, -0.2) is 24.3 Å². The average molecular weight is 160 g/mol. The van der Waals surface area contributed by atoms with Gasteiger partial charge in [-0.1, -0.05) is 6.92 Å². The molecule has 0 amide bonds. The Morgan fingerprint density at radius 3 is 2.36 bits per heavy atom. The van der Waals surface area contributed by atoms with Gasteiger partial charge in [0.25, 0.3) is 0 Å². The maximum Gasteiger partial charge on any atom is 0.313 e. The van der Waals surface area contributed by atoms with E-state index in [1.54, 1.807) is 13.8 Å². The molecule has 0 aromatic heterocycles. The third-order valence-electron chi connectivity index (χ3n) is 1.93. The van der Waals surface area contributed by atoms with Gasteiger partial charge in [0.05, 0.1) is 18.6 Å². The fourth-order valence-corrected chi connectivity index (χ4v) is 0.909. The van der Waals surface area contributed by atoms with Gasteiger partial charge in [-0.2, -0.15) is 0 Å². The number of esters is 1. The molecule has 0 fully saturated rings. The van der Waals surface area contributed by atoms with E-state index in [1.165, 1.54) is 7.11 Å². The molecule has 0 radical (unpaired) electrons. The zero-order valence-corrected chi connectivity index (χ0v) is 7.55. The van der Waals surface area contributed by atoms with Crippen molar-refractivity contribution in [3.05, 3.63) is 0 Å². The Kier molecular flexibility index (Phi) is 3.52. The maximum atomic E-state index is 11.1. The molecule has 3 heteroatoms. The van der Waals surface area contributed by atoms with Crippen LogP contribution in [0.5, 0.6) is 0 Å². The highest BCUT2D eigenvalue weighted by Crippen LogP contribution is 2.24. The Labute approximate surface area is 67.4 Å². The van der Waals surface area contributed by atoms with Crippen LogP contribution < -0.4 is 0 Å².